The first-order valence-electron chi connectivity index (χ1n) is 15.2. The van der Waals surface area contributed by atoms with Gasteiger partial charge >= 0.3 is 0 Å². The van der Waals surface area contributed by atoms with E-state index in [2.05, 4.69) is 196 Å². The number of hydrogen-bond donors (Lipinski definition) is 0. The lowest BCUT2D eigenvalue weighted by atomic mass is 9.95. The largest absolute Gasteiger partial charge is 0.309 e. The zero-order valence-corrected chi connectivity index (χ0v) is 26.5. The summed E-state index contributed by atoms with van der Waals surface area (Å²) in [6.07, 6.45) is 0. The van der Waals surface area contributed by atoms with Crippen LogP contribution in [0.1, 0.15) is 0 Å². The van der Waals surface area contributed by atoms with Crippen LogP contribution in [0.2, 0.25) is 0 Å². The molecule has 2 nitrogen and oxygen atoms in total. The van der Waals surface area contributed by atoms with Crippen LogP contribution >= 0.6 is 22.6 Å². The van der Waals surface area contributed by atoms with Crippen molar-refractivity contribution in [2.24, 2.45) is 0 Å². The number of aromatic nitrogens is 2. The van der Waals surface area contributed by atoms with E-state index >= 15 is 0 Å². The van der Waals surface area contributed by atoms with Crippen LogP contribution in [-0.2, 0) is 0 Å². The van der Waals surface area contributed by atoms with Gasteiger partial charge in [0.1, 0.15) is 0 Å². The van der Waals surface area contributed by atoms with Gasteiger partial charge < -0.3 is 9.13 Å². The van der Waals surface area contributed by atoms with Crippen LogP contribution in [0.5, 0.6) is 0 Å². The van der Waals surface area contributed by atoms with Crippen LogP contribution in [0.4, 0.5) is 0 Å². The first kappa shape index (κ1) is 26.3. The molecule has 0 bridgehead atoms. The maximum atomic E-state index is 2.50. The summed E-state index contributed by atoms with van der Waals surface area (Å²) in [5, 5.41) is 5.02. The Morgan fingerprint density at radius 2 is 0.822 bits per heavy atom. The Hall–Kier alpha value is -5.13. The fraction of sp³-hybridized carbons (Fsp3) is 0. The van der Waals surface area contributed by atoms with Gasteiger partial charge in [-0.3, -0.25) is 0 Å². The molecule has 0 saturated carbocycles. The second kappa shape index (κ2) is 10.5. The van der Waals surface area contributed by atoms with Crippen LogP contribution in [0, 0.1) is 3.57 Å². The first-order chi connectivity index (χ1) is 22.3. The van der Waals surface area contributed by atoms with Gasteiger partial charge in [0.25, 0.3) is 0 Å². The van der Waals surface area contributed by atoms with Gasteiger partial charge in [0.05, 0.1) is 33.4 Å². The number of rotatable bonds is 4. The number of benzene rings is 7. The molecular formula is C42H27IN2. The van der Waals surface area contributed by atoms with Crippen LogP contribution in [0.15, 0.2) is 164 Å². The van der Waals surface area contributed by atoms with E-state index in [-0.39, 0.29) is 0 Å². The minimum absolute atomic E-state index is 1.19. The van der Waals surface area contributed by atoms with Gasteiger partial charge in [0, 0.05) is 36.2 Å². The molecule has 0 unspecified atom stereocenters. The highest BCUT2D eigenvalue weighted by atomic mass is 127. The van der Waals surface area contributed by atoms with Gasteiger partial charge in [-0.25, -0.2) is 0 Å². The predicted octanol–water partition coefficient (Wildman–Crippen LogP) is 11.8. The molecule has 2 heterocycles. The van der Waals surface area contributed by atoms with Crippen molar-refractivity contribution >= 4 is 66.2 Å². The normalized spacial score (nSPS) is 11.7. The monoisotopic (exact) mass is 686 g/mol. The summed E-state index contributed by atoms with van der Waals surface area (Å²) >= 11 is 2.47. The molecule has 0 amide bonds. The average molecular weight is 687 g/mol. The third-order valence-electron chi connectivity index (χ3n) is 8.96. The van der Waals surface area contributed by atoms with E-state index in [1.807, 2.05) is 0 Å². The third kappa shape index (κ3) is 4.08. The van der Waals surface area contributed by atoms with E-state index in [0.29, 0.717) is 0 Å². The zero-order chi connectivity index (χ0) is 29.9. The summed E-state index contributed by atoms with van der Waals surface area (Å²) in [5.41, 5.74) is 12.0. The van der Waals surface area contributed by atoms with Crippen LogP contribution < -0.4 is 0 Å². The van der Waals surface area contributed by atoms with Crippen molar-refractivity contribution in [3.63, 3.8) is 0 Å². The van der Waals surface area contributed by atoms with Crippen molar-refractivity contribution < 1.29 is 0 Å². The molecule has 0 aliphatic carbocycles. The number of para-hydroxylation sites is 3. The summed E-state index contributed by atoms with van der Waals surface area (Å²) < 4.78 is 6.16. The molecule has 0 atom stereocenters. The Kier molecular flexibility index (Phi) is 6.13. The minimum atomic E-state index is 1.19. The van der Waals surface area contributed by atoms with Gasteiger partial charge in [-0.05, 0) is 76.2 Å². The molecule has 212 valence electrons. The molecular weight excluding hydrogens is 659 g/mol. The van der Waals surface area contributed by atoms with Gasteiger partial charge in [-0.15, -0.1) is 0 Å². The van der Waals surface area contributed by atoms with Crippen LogP contribution in [0.3, 0.4) is 0 Å². The van der Waals surface area contributed by atoms with E-state index in [1.165, 1.54) is 80.8 Å². The molecule has 9 rings (SSSR count). The second-order valence-electron chi connectivity index (χ2n) is 11.5. The predicted molar refractivity (Wildman–Crippen MR) is 199 cm³/mol. The van der Waals surface area contributed by atoms with Crippen molar-refractivity contribution in [3.05, 3.63) is 167 Å². The maximum absolute atomic E-state index is 2.50. The molecule has 0 aliphatic rings. The van der Waals surface area contributed by atoms with Crippen molar-refractivity contribution in [3.8, 4) is 33.6 Å². The molecule has 45 heavy (non-hydrogen) atoms. The van der Waals surface area contributed by atoms with Gasteiger partial charge in [-0.1, -0.05) is 121 Å². The van der Waals surface area contributed by atoms with E-state index in [0.717, 1.165) is 0 Å². The molecule has 2 aromatic heterocycles. The number of hydrogen-bond acceptors (Lipinski definition) is 0. The Morgan fingerprint density at radius 1 is 0.378 bits per heavy atom. The third-order valence-corrected chi connectivity index (χ3v) is 9.59. The smallest absolute Gasteiger partial charge is 0.0619 e. The summed E-state index contributed by atoms with van der Waals surface area (Å²) in [7, 11) is 0. The molecule has 3 heteroatoms. The molecule has 0 saturated heterocycles. The number of nitrogens with zero attached hydrogens (tertiary/aromatic N) is 2. The van der Waals surface area contributed by atoms with E-state index < -0.39 is 0 Å². The minimum Gasteiger partial charge on any atom is -0.309 e. The summed E-state index contributed by atoms with van der Waals surface area (Å²) in [6, 6.07) is 59.4. The van der Waals surface area contributed by atoms with Gasteiger partial charge in [0.2, 0.25) is 0 Å². The second-order valence-corrected chi connectivity index (χ2v) is 12.7. The lowest BCUT2D eigenvalue weighted by Gasteiger charge is -2.20. The SMILES string of the molecule is Ic1cc(-c2ccccc2)c(-n2c3ccccc3c3c(-n4c5ccccc5c5ccccc54)cccc32)c(-c2ccccc2)c1. The van der Waals surface area contributed by atoms with E-state index in [9.17, 15) is 0 Å². The molecule has 0 aliphatic heterocycles. The average Bonchev–Trinajstić information content (AvgIpc) is 3.62. The zero-order valence-electron chi connectivity index (χ0n) is 24.4. The Balaban J connectivity index is 1.47. The molecule has 0 radical (unpaired) electrons. The Bertz CT molecular complexity index is 2420. The Labute approximate surface area is 274 Å². The fourth-order valence-corrected chi connectivity index (χ4v) is 7.75. The summed E-state index contributed by atoms with van der Waals surface area (Å²) in [6.45, 7) is 0. The highest BCUT2D eigenvalue weighted by molar-refractivity contribution is 14.1. The van der Waals surface area contributed by atoms with Crippen molar-refractivity contribution in [1.29, 1.82) is 0 Å². The van der Waals surface area contributed by atoms with Crippen LogP contribution in [-0.4, -0.2) is 9.13 Å². The molecule has 0 N–H and O–H groups in total. The number of halogens is 1. The highest BCUT2D eigenvalue weighted by Crippen LogP contribution is 2.44. The summed E-state index contributed by atoms with van der Waals surface area (Å²) in [4.78, 5) is 0. The molecule has 0 spiro atoms. The van der Waals surface area contributed by atoms with E-state index in [1.54, 1.807) is 0 Å². The van der Waals surface area contributed by atoms with E-state index in [4.69, 9.17) is 0 Å². The fourth-order valence-electron chi connectivity index (χ4n) is 7.13. The standard InChI is InChI=1S/C42H27IN2/c43-30-26-34(28-14-3-1-4-15-28)42(35(27-30)29-16-5-2-6-17-29)45-38-23-12-9-20-33(38)41-39(24-13-25-40(41)45)44-36-21-10-7-18-31(36)32-19-8-11-22-37(32)44/h1-27H. The lowest BCUT2D eigenvalue weighted by molar-refractivity contribution is 1.17. The van der Waals surface area contributed by atoms with Gasteiger partial charge in [-0.2, -0.15) is 0 Å². The van der Waals surface area contributed by atoms with Crippen LogP contribution in [0.25, 0.3) is 77.2 Å². The molecule has 0 fully saturated rings. The highest BCUT2D eigenvalue weighted by Gasteiger charge is 2.23. The lowest BCUT2D eigenvalue weighted by Crippen LogP contribution is -2.02. The molecule has 9 aromatic rings. The van der Waals surface area contributed by atoms with Gasteiger partial charge in [0.15, 0.2) is 0 Å². The quantitative estimate of drug-likeness (QED) is 0.163. The topological polar surface area (TPSA) is 9.86 Å². The van der Waals surface area contributed by atoms with Crippen molar-refractivity contribution in [1.82, 2.24) is 9.13 Å². The first-order valence-corrected chi connectivity index (χ1v) is 16.3. The molecule has 7 aromatic carbocycles. The van der Waals surface area contributed by atoms with Crippen molar-refractivity contribution in [2.75, 3.05) is 0 Å². The van der Waals surface area contributed by atoms with Crippen molar-refractivity contribution in [2.45, 2.75) is 0 Å². The Morgan fingerprint density at radius 3 is 1.38 bits per heavy atom. The summed E-state index contributed by atoms with van der Waals surface area (Å²) in [5.74, 6) is 0. The maximum Gasteiger partial charge on any atom is 0.0619 e. The number of fused-ring (bicyclic) bond motifs is 6.